The normalized spacial score (nSPS) is 11.1. The van der Waals surface area contributed by atoms with Crippen LogP contribution in [0.15, 0.2) is 24.8 Å². The number of ether oxygens (including phenoxy) is 1. The van der Waals surface area contributed by atoms with Crippen LogP contribution in [0.3, 0.4) is 0 Å². The molecule has 0 saturated heterocycles. The van der Waals surface area contributed by atoms with E-state index in [1.54, 1.807) is 0 Å². The number of unbranched alkanes of at least 4 members (excludes halogenated alkanes) is 14. The van der Waals surface area contributed by atoms with Crippen LogP contribution in [0.25, 0.3) is 0 Å². The molecular formula is C23H42O2. The van der Waals surface area contributed by atoms with E-state index in [1.807, 2.05) is 0 Å². The van der Waals surface area contributed by atoms with Gasteiger partial charge in [0.05, 0.1) is 6.61 Å². The molecule has 25 heavy (non-hydrogen) atoms. The fourth-order valence-corrected chi connectivity index (χ4v) is 2.93. The van der Waals surface area contributed by atoms with Gasteiger partial charge in [-0.3, -0.25) is 0 Å². The number of allylic oxidation sites excluding steroid dienone is 2. The second-order valence-electron chi connectivity index (χ2n) is 7.02. The smallest absolute Gasteiger partial charge is 0.330 e. The molecule has 2 nitrogen and oxygen atoms in total. The van der Waals surface area contributed by atoms with Crippen LogP contribution in [-0.4, -0.2) is 12.6 Å². The molecule has 0 saturated carbocycles. The van der Waals surface area contributed by atoms with Gasteiger partial charge < -0.3 is 4.74 Å². The Morgan fingerprint density at radius 1 is 0.720 bits per heavy atom. The molecule has 0 spiro atoms. The Morgan fingerprint density at radius 2 is 1.16 bits per heavy atom. The fourth-order valence-electron chi connectivity index (χ4n) is 2.93. The zero-order chi connectivity index (χ0) is 18.4. The van der Waals surface area contributed by atoms with Crippen LogP contribution in [0.4, 0.5) is 0 Å². The molecule has 0 aromatic rings. The summed E-state index contributed by atoms with van der Waals surface area (Å²) >= 11 is 0. The summed E-state index contributed by atoms with van der Waals surface area (Å²) in [7, 11) is 0. The minimum Gasteiger partial charge on any atom is -0.463 e. The van der Waals surface area contributed by atoms with Crippen LogP contribution in [0, 0.1) is 0 Å². The predicted octanol–water partition coefficient (Wildman–Crippen LogP) is 7.53. The molecule has 146 valence electrons. The van der Waals surface area contributed by atoms with Crippen LogP contribution in [-0.2, 0) is 9.53 Å². The second kappa shape index (κ2) is 21.0. The number of esters is 1. The summed E-state index contributed by atoms with van der Waals surface area (Å²) in [6.45, 7) is 6.19. The van der Waals surface area contributed by atoms with E-state index >= 15 is 0 Å². The standard InChI is InChI=1S/C23H42O2/c1-3-5-6-7-8-9-10-11-12-13-14-15-16-17-18-19-20-21-22-25-23(24)4-2/h4,14-15H,2-3,5-13,16-22H2,1H3/b15-14+. The van der Waals surface area contributed by atoms with Gasteiger partial charge >= 0.3 is 5.97 Å². The first-order chi connectivity index (χ1) is 12.3. The van der Waals surface area contributed by atoms with Crippen LogP contribution >= 0.6 is 0 Å². The van der Waals surface area contributed by atoms with Gasteiger partial charge in [-0.2, -0.15) is 0 Å². The van der Waals surface area contributed by atoms with Gasteiger partial charge in [0.15, 0.2) is 0 Å². The van der Waals surface area contributed by atoms with E-state index in [9.17, 15) is 4.79 Å². The van der Waals surface area contributed by atoms with Gasteiger partial charge in [-0.25, -0.2) is 4.79 Å². The van der Waals surface area contributed by atoms with Crippen molar-refractivity contribution in [2.75, 3.05) is 6.61 Å². The third kappa shape index (κ3) is 20.9. The molecule has 0 rings (SSSR count). The van der Waals surface area contributed by atoms with Crippen molar-refractivity contribution in [3.8, 4) is 0 Å². The van der Waals surface area contributed by atoms with Crippen molar-refractivity contribution in [1.82, 2.24) is 0 Å². The van der Waals surface area contributed by atoms with Crippen molar-refractivity contribution in [2.24, 2.45) is 0 Å². The van der Waals surface area contributed by atoms with E-state index in [2.05, 4.69) is 25.7 Å². The summed E-state index contributed by atoms with van der Waals surface area (Å²) < 4.78 is 4.95. The average molecular weight is 351 g/mol. The zero-order valence-corrected chi connectivity index (χ0v) is 16.8. The molecule has 0 fully saturated rings. The monoisotopic (exact) mass is 350 g/mol. The molecule has 0 aromatic heterocycles. The first-order valence-corrected chi connectivity index (χ1v) is 10.8. The van der Waals surface area contributed by atoms with Crippen molar-refractivity contribution >= 4 is 5.97 Å². The van der Waals surface area contributed by atoms with E-state index < -0.39 is 0 Å². The largest absolute Gasteiger partial charge is 0.463 e. The van der Waals surface area contributed by atoms with E-state index in [0.29, 0.717) is 6.61 Å². The Morgan fingerprint density at radius 3 is 1.64 bits per heavy atom. The molecule has 0 aliphatic rings. The molecule has 0 aliphatic heterocycles. The maximum Gasteiger partial charge on any atom is 0.330 e. The van der Waals surface area contributed by atoms with Crippen LogP contribution in [0.1, 0.15) is 110 Å². The van der Waals surface area contributed by atoms with Gasteiger partial charge in [-0.05, 0) is 32.1 Å². The summed E-state index contributed by atoms with van der Waals surface area (Å²) in [6, 6.07) is 0. The Hall–Kier alpha value is -1.05. The highest BCUT2D eigenvalue weighted by Crippen LogP contribution is 2.11. The van der Waals surface area contributed by atoms with E-state index in [-0.39, 0.29) is 5.97 Å². The lowest BCUT2D eigenvalue weighted by atomic mass is 10.1. The molecule has 0 amide bonds. The predicted molar refractivity (Wildman–Crippen MR) is 110 cm³/mol. The van der Waals surface area contributed by atoms with Crippen molar-refractivity contribution in [3.63, 3.8) is 0 Å². The van der Waals surface area contributed by atoms with Gasteiger partial charge in [0.1, 0.15) is 0 Å². The highest BCUT2D eigenvalue weighted by Gasteiger charge is 1.95. The molecule has 0 atom stereocenters. The number of hydrogen-bond acceptors (Lipinski definition) is 2. The molecule has 0 radical (unpaired) electrons. The van der Waals surface area contributed by atoms with Gasteiger partial charge in [0, 0.05) is 6.08 Å². The molecule has 0 unspecified atom stereocenters. The van der Waals surface area contributed by atoms with Crippen LogP contribution in [0.2, 0.25) is 0 Å². The summed E-state index contributed by atoms with van der Waals surface area (Å²) in [6.07, 6.45) is 27.0. The van der Waals surface area contributed by atoms with Crippen molar-refractivity contribution in [1.29, 1.82) is 0 Å². The van der Waals surface area contributed by atoms with Crippen LogP contribution in [0.5, 0.6) is 0 Å². The molecule has 0 aromatic carbocycles. The minimum absolute atomic E-state index is 0.308. The first kappa shape index (κ1) is 23.9. The average Bonchev–Trinajstić information content (AvgIpc) is 2.63. The van der Waals surface area contributed by atoms with Gasteiger partial charge in [0.25, 0.3) is 0 Å². The number of rotatable bonds is 19. The maximum absolute atomic E-state index is 10.8. The Kier molecular flexibility index (Phi) is 20.1. The summed E-state index contributed by atoms with van der Waals surface area (Å²) in [5.41, 5.74) is 0. The SMILES string of the molecule is C=CC(=O)OCCCCCCC/C=C/CCCCCCCCCCC. The van der Waals surface area contributed by atoms with Crippen molar-refractivity contribution < 1.29 is 9.53 Å². The highest BCUT2D eigenvalue weighted by atomic mass is 16.5. The first-order valence-electron chi connectivity index (χ1n) is 10.8. The topological polar surface area (TPSA) is 26.3 Å². The second-order valence-corrected chi connectivity index (χ2v) is 7.02. The van der Waals surface area contributed by atoms with E-state index in [0.717, 1.165) is 12.8 Å². The lowest BCUT2D eigenvalue weighted by Gasteiger charge is -2.02. The van der Waals surface area contributed by atoms with Gasteiger partial charge in [-0.1, -0.05) is 96.3 Å². The molecule has 0 bridgehead atoms. The van der Waals surface area contributed by atoms with E-state index in [4.69, 9.17) is 4.74 Å². The summed E-state index contributed by atoms with van der Waals surface area (Å²) in [5.74, 6) is -0.308. The summed E-state index contributed by atoms with van der Waals surface area (Å²) in [4.78, 5) is 10.8. The fraction of sp³-hybridized carbons (Fsp3) is 0.783. The molecule has 0 aliphatic carbocycles. The Bertz CT molecular complexity index is 320. The Labute approximate surface area is 157 Å². The van der Waals surface area contributed by atoms with Gasteiger partial charge in [-0.15, -0.1) is 0 Å². The quantitative estimate of drug-likeness (QED) is 0.104. The molecule has 0 N–H and O–H groups in total. The third-order valence-electron chi connectivity index (χ3n) is 4.57. The van der Waals surface area contributed by atoms with Crippen molar-refractivity contribution in [3.05, 3.63) is 24.8 Å². The van der Waals surface area contributed by atoms with Crippen molar-refractivity contribution in [2.45, 2.75) is 110 Å². The molecular weight excluding hydrogens is 308 g/mol. The highest BCUT2D eigenvalue weighted by molar-refractivity contribution is 5.81. The molecule has 0 heterocycles. The third-order valence-corrected chi connectivity index (χ3v) is 4.57. The molecule has 2 heteroatoms. The number of carbonyl (C=O) groups excluding carboxylic acids is 1. The number of carbonyl (C=O) groups is 1. The lowest BCUT2D eigenvalue weighted by Crippen LogP contribution is -2.01. The lowest BCUT2D eigenvalue weighted by molar-refractivity contribution is -0.137. The van der Waals surface area contributed by atoms with Gasteiger partial charge in [0.2, 0.25) is 0 Å². The number of hydrogen-bond donors (Lipinski definition) is 0. The van der Waals surface area contributed by atoms with E-state index in [1.165, 1.54) is 96.0 Å². The van der Waals surface area contributed by atoms with Crippen LogP contribution < -0.4 is 0 Å². The zero-order valence-electron chi connectivity index (χ0n) is 16.8. The minimum atomic E-state index is -0.308. The maximum atomic E-state index is 10.8. The summed E-state index contributed by atoms with van der Waals surface area (Å²) in [5, 5.41) is 0. The Balaban J connectivity index is 3.11.